The predicted molar refractivity (Wildman–Crippen MR) is 53.6 cm³/mol. The van der Waals surface area contributed by atoms with Crippen molar-refractivity contribution >= 4 is 15.9 Å². The summed E-state index contributed by atoms with van der Waals surface area (Å²) >= 11 is 2.96. The Balaban J connectivity index is 3.28. The number of hydrogen-bond donors (Lipinski definition) is 2. The van der Waals surface area contributed by atoms with Gasteiger partial charge in [0.2, 0.25) is 0 Å². The van der Waals surface area contributed by atoms with Gasteiger partial charge in [0.1, 0.15) is 5.75 Å². The Hall–Kier alpha value is -0.750. The van der Waals surface area contributed by atoms with Crippen molar-refractivity contribution in [1.29, 1.82) is 0 Å². The van der Waals surface area contributed by atoms with E-state index in [0.29, 0.717) is 6.07 Å². The molecule has 0 aliphatic carbocycles. The van der Waals surface area contributed by atoms with Crippen LogP contribution in [0.25, 0.3) is 0 Å². The number of aromatic hydroxyl groups is 1. The van der Waals surface area contributed by atoms with Crippen LogP contribution >= 0.6 is 15.9 Å². The molecule has 15 heavy (non-hydrogen) atoms. The van der Waals surface area contributed by atoms with Crippen molar-refractivity contribution in [3.63, 3.8) is 0 Å². The number of hydrogen-bond acceptors (Lipinski definition) is 2. The van der Waals surface area contributed by atoms with Gasteiger partial charge in [0.25, 0.3) is 0 Å². The number of benzene rings is 1. The molecule has 0 saturated heterocycles. The summed E-state index contributed by atoms with van der Waals surface area (Å²) in [6.45, 7) is 0.125. The Morgan fingerprint density at radius 2 is 1.93 bits per heavy atom. The highest BCUT2D eigenvalue weighted by molar-refractivity contribution is 9.10. The monoisotopic (exact) mass is 283 g/mol. The third kappa shape index (κ3) is 2.85. The minimum atomic E-state index is -4.47. The molecule has 2 nitrogen and oxygen atoms in total. The van der Waals surface area contributed by atoms with E-state index in [2.05, 4.69) is 15.9 Å². The summed E-state index contributed by atoms with van der Waals surface area (Å²) in [7, 11) is 0. The van der Waals surface area contributed by atoms with E-state index < -0.39 is 17.5 Å². The van der Waals surface area contributed by atoms with Crippen LogP contribution in [0.5, 0.6) is 5.75 Å². The predicted octanol–water partition coefficient (Wildman–Crippen LogP) is 2.67. The lowest BCUT2D eigenvalue weighted by atomic mass is 10.0. The van der Waals surface area contributed by atoms with Gasteiger partial charge in [-0.05, 0) is 46.6 Å². The zero-order valence-electron chi connectivity index (χ0n) is 7.61. The molecular weight excluding hydrogens is 275 g/mol. The molecule has 0 aliphatic heterocycles. The lowest BCUT2D eigenvalue weighted by Gasteiger charge is -2.13. The fraction of sp³-hybridized carbons (Fsp3) is 0.333. The molecule has 3 N–H and O–H groups in total. The van der Waals surface area contributed by atoms with Crippen molar-refractivity contribution in [1.82, 2.24) is 0 Å². The van der Waals surface area contributed by atoms with Crippen LogP contribution in [0.4, 0.5) is 13.2 Å². The largest absolute Gasteiger partial charge is 0.507 e. The smallest absolute Gasteiger partial charge is 0.416 e. The second-order valence-corrected chi connectivity index (χ2v) is 3.85. The summed E-state index contributed by atoms with van der Waals surface area (Å²) < 4.78 is 37.8. The van der Waals surface area contributed by atoms with E-state index in [-0.39, 0.29) is 23.0 Å². The van der Waals surface area contributed by atoms with E-state index in [1.54, 1.807) is 0 Å². The SMILES string of the molecule is NCCc1cc(Br)c(O)cc1C(F)(F)F. The molecule has 1 aromatic rings. The molecule has 0 heterocycles. The van der Waals surface area contributed by atoms with Gasteiger partial charge in [0.05, 0.1) is 10.0 Å². The van der Waals surface area contributed by atoms with Crippen LogP contribution in [0.15, 0.2) is 16.6 Å². The second kappa shape index (κ2) is 4.40. The van der Waals surface area contributed by atoms with E-state index in [4.69, 9.17) is 5.73 Å². The molecule has 0 fully saturated rings. The number of phenolic OH excluding ortho intramolecular Hbond substituents is 1. The molecule has 0 spiro atoms. The third-order valence-corrected chi connectivity index (χ3v) is 2.53. The molecule has 0 atom stereocenters. The fourth-order valence-corrected chi connectivity index (χ4v) is 1.62. The number of rotatable bonds is 2. The van der Waals surface area contributed by atoms with E-state index in [0.717, 1.165) is 0 Å². The first-order valence-corrected chi connectivity index (χ1v) is 4.94. The zero-order chi connectivity index (χ0) is 11.6. The molecular formula is C9H9BrF3NO. The zero-order valence-corrected chi connectivity index (χ0v) is 9.19. The molecule has 84 valence electrons. The number of halogens is 4. The van der Waals surface area contributed by atoms with E-state index in [1.165, 1.54) is 6.07 Å². The molecule has 1 aromatic carbocycles. The average molecular weight is 284 g/mol. The average Bonchev–Trinajstić information content (AvgIpc) is 2.09. The summed E-state index contributed by atoms with van der Waals surface area (Å²) in [5, 5.41) is 9.18. The first-order chi connectivity index (χ1) is 6.86. The van der Waals surface area contributed by atoms with E-state index >= 15 is 0 Å². The lowest BCUT2D eigenvalue weighted by molar-refractivity contribution is -0.138. The van der Waals surface area contributed by atoms with Crippen LogP contribution in [0.2, 0.25) is 0 Å². The molecule has 6 heteroatoms. The summed E-state index contributed by atoms with van der Waals surface area (Å²) in [6, 6.07) is 1.94. The third-order valence-electron chi connectivity index (χ3n) is 1.89. The lowest BCUT2D eigenvalue weighted by Crippen LogP contribution is -2.12. The van der Waals surface area contributed by atoms with Gasteiger partial charge in [0.15, 0.2) is 0 Å². The van der Waals surface area contributed by atoms with E-state index in [9.17, 15) is 18.3 Å². The number of phenols is 1. The van der Waals surface area contributed by atoms with Crippen molar-refractivity contribution in [2.45, 2.75) is 12.6 Å². The van der Waals surface area contributed by atoms with Crippen LogP contribution in [-0.4, -0.2) is 11.7 Å². The van der Waals surface area contributed by atoms with Gasteiger partial charge >= 0.3 is 6.18 Å². The Kier molecular flexibility index (Phi) is 3.62. The van der Waals surface area contributed by atoms with Gasteiger partial charge in [-0.2, -0.15) is 13.2 Å². The summed E-state index contributed by atoms with van der Waals surface area (Å²) in [6.07, 6.45) is -4.35. The summed E-state index contributed by atoms with van der Waals surface area (Å²) in [5.41, 5.74) is 4.45. The highest BCUT2D eigenvalue weighted by Crippen LogP contribution is 2.37. The topological polar surface area (TPSA) is 46.2 Å². The maximum absolute atomic E-state index is 12.5. The molecule has 0 saturated carbocycles. The van der Waals surface area contributed by atoms with Crippen molar-refractivity contribution in [2.75, 3.05) is 6.54 Å². The summed E-state index contributed by atoms with van der Waals surface area (Å²) in [4.78, 5) is 0. The molecule has 0 unspecified atom stereocenters. The quantitative estimate of drug-likeness (QED) is 0.877. The van der Waals surface area contributed by atoms with Crippen molar-refractivity contribution < 1.29 is 18.3 Å². The van der Waals surface area contributed by atoms with Gasteiger partial charge < -0.3 is 10.8 Å². The first kappa shape index (κ1) is 12.3. The Bertz CT molecular complexity index is 365. The molecule has 0 radical (unpaired) electrons. The Morgan fingerprint density at radius 3 is 2.40 bits per heavy atom. The van der Waals surface area contributed by atoms with Gasteiger partial charge in [0, 0.05) is 0 Å². The van der Waals surface area contributed by atoms with Crippen LogP contribution in [-0.2, 0) is 12.6 Å². The number of nitrogens with two attached hydrogens (primary N) is 1. The van der Waals surface area contributed by atoms with Gasteiger partial charge in [-0.15, -0.1) is 0 Å². The minimum Gasteiger partial charge on any atom is -0.507 e. The van der Waals surface area contributed by atoms with Crippen molar-refractivity contribution in [2.24, 2.45) is 5.73 Å². The maximum atomic E-state index is 12.5. The van der Waals surface area contributed by atoms with Crippen LogP contribution < -0.4 is 5.73 Å². The minimum absolute atomic E-state index is 0.0784. The summed E-state index contributed by atoms with van der Waals surface area (Å²) in [5.74, 6) is -0.428. The number of alkyl halides is 3. The van der Waals surface area contributed by atoms with Crippen molar-refractivity contribution in [3.8, 4) is 5.75 Å². The first-order valence-electron chi connectivity index (χ1n) is 4.15. The van der Waals surface area contributed by atoms with E-state index in [1.807, 2.05) is 0 Å². The fourth-order valence-electron chi connectivity index (χ4n) is 1.23. The second-order valence-electron chi connectivity index (χ2n) is 3.00. The van der Waals surface area contributed by atoms with Gasteiger partial charge in [-0.25, -0.2) is 0 Å². The Morgan fingerprint density at radius 1 is 1.33 bits per heavy atom. The molecule has 0 bridgehead atoms. The maximum Gasteiger partial charge on any atom is 0.416 e. The normalized spacial score (nSPS) is 11.8. The molecule has 0 aliphatic rings. The van der Waals surface area contributed by atoms with Crippen LogP contribution in [0.3, 0.4) is 0 Å². The van der Waals surface area contributed by atoms with Crippen LogP contribution in [0.1, 0.15) is 11.1 Å². The molecule has 0 amide bonds. The molecule has 0 aromatic heterocycles. The van der Waals surface area contributed by atoms with Crippen molar-refractivity contribution in [3.05, 3.63) is 27.7 Å². The highest BCUT2D eigenvalue weighted by atomic mass is 79.9. The molecule has 1 rings (SSSR count). The highest BCUT2D eigenvalue weighted by Gasteiger charge is 2.33. The van der Waals surface area contributed by atoms with Gasteiger partial charge in [-0.3, -0.25) is 0 Å². The standard InChI is InChI=1S/C9H9BrF3NO/c10-7-3-5(1-2-14)6(4-8(7)15)9(11,12)13/h3-4,15H,1-2,14H2. The Labute approximate surface area is 93.0 Å². The van der Waals surface area contributed by atoms with Crippen LogP contribution in [0, 0.1) is 0 Å². The van der Waals surface area contributed by atoms with Gasteiger partial charge in [-0.1, -0.05) is 0 Å².